The van der Waals surface area contributed by atoms with Crippen molar-refractivity contribution in [2.75, 3.05) is 37.7 Å². The monoisotopic (exact) mass is 364 g/mol. The number of piperazine rings is 1. The number of carbonyl (C=O) groups excluding carboxylic acids is 1. The van der Waals surface area contributed by atoms with Crippen LogP contribution in [0.5, 0.6) is 0 Å². The first-order valence-corrected chi connectivity index (χ1v) is 8.10. The molecule has 0 spiro atoms. The first-order valence-electron chi connectivity index (χ1n) is 7.72. The number of benzene rings is 1. The third kappa shape index (κ3) is 4.47. The van der Waals surface area contributed by atoms with Gasteiger partial charge in [-0.25, -0.2) is 4.79 Å². The Morgan fingerprint density at radius 3 is 2.42 bits per heavy atom. The first-order chi connectivity index (χ1) is 11.2. The summed E-state index contributed by atoms with van der Waals surface area (Å²) in [6, 6.07) is 3.86. The van der Waals surface area contributed by atoms with Gasteiger partial charge in [0, 0.05) is 26.2 Å². The molecule has 1 heterocycles. The van der Waals surface area contributed by atoms with Crippen LogP contribution in [0.25, 0.3) is 0 Å². The van der Waals surface area contributed by atoms with Crippen molar-refractivity contribution in [3.05, 3.63) is 28.8 Å². The van der Waals surface area contributed by atoms with Gasteiger partial charge in [0.1, 0.15) is 0 Å². The number of nitrogens with zero attached hydrogens (tertiary/aromatic N) is 2. The SMILES string of the molecule is CC(C)COC(=O)N1CCN(c2cccc(C(F)(F)F)c2Cl)CC1. The number of hydrogen-bond donors (Lipinski definition) is 0. The van der Waals surface area contributed by atoms with E-state index in [-0.39, 0.29) is 10.9 Å². The van der Waals surface area contributed by atoms with Crippen molar-refractivity contribution < 1.29 is 22.7 Å². The third-order valence-electron chi connectivity index (χ3n) is 3.70. The summed E-state index contributed by atoms with van der Waals surface area (Å²) >= 11 is 5.94. The Kier molecular flexibility index (Phi) is 5.85. The molecule has 1 aromatic rings. The number of carbonyl (C=O) groups is 1. The van der Waals surface area contributed by atoms with Crippen LogP contribution in [0, 0.1) is 5.92 Å². The second-order valence-electron chi connectivity index (χ2n) is 6.08. The lowest BCUT2D eigenvalue weighted by atomic mass is 10.1. The summed E-state index contributed by atoms with van der Waals surface area (Å²) in [5.41, 5.74) is -0.512. The summed E-state index contributed by atoms with van der Waals surface area (Å²) in [6.07, 6.45) is -4.88. The van der Waals surface area contributed by atoms with Crippen molar-refractivity contribution in [3.8, 4) is 0 Å². The molecule has 1 aliphatic heterocycles. The number of ether oxygens (including phenoxy) is 1. The standard InChI is InChI=1S/C16H20ClF3N2O2/c1-11(2)10-24-15(23)22-8-6-21(7-9-22)13-5-3-4-12(14(13)17)16(18,19)20/h3-5,11H,6-10H2,1-2H3. The molecule has 1 fully saturated rings. The maximum atomic E-state index is 12.9. The van der Waals surface area contributed by atoms with E-state index in [0.29, 0.717) is 38.5 Å². The average Bonchev–Trinajstić information content (AvgIpc) is 2.52. The van der Waals surface area contributed by atoms with E-state index in [1.807, 2.05) is 13.8 Å². The Hall–Kier alpha value is -1.63. The minimum atomic E-state index is -4.49. The van der Waals surface area contributed by atoms with Gasteiger partial charge in [-0.05, 0) is 18.1 Å². The molecule has 8 heteroatoms. The van der Waals surface area contributed by atoms with E-state index in [2.05, 4.69) is 0 Å². The highest BCUT2D eigenvalue weighted by Crippen LogP contribution is 2.39. The number of amides is 1. The molecule has 0 radical (unpaired) electrons. The Bertz CT molecular complexity index is 585. The number of rotatable bonds is 3. The fourth-order valence-electron chi connectivity index (χ4n) is 2.44. The van der Waals surface area contributed by atoms with Gasteiger partial charge in [0.05, 0.1) is 22.9 Å². The molecule has 1 amide bonds. The van der Waals surface area contributed by atoms with Crippen molar-refractivity contribution in [3.63, 3.8) is 0 Å². The van der Waals surface area contributed by atoms with Crippen LogP contribution in [0.1, 0.15) is 19.4 Å². The molecule has 0 N–H and O–H groups in total. The van der Waals surface area contributed by atoms with Gasteiger partial charge in [-0.15, -0.1) is 0 Å². The van der Waals surface area contributed by atoms with Crippen LogP contribution in [0.2, 0.25) is 5.02 Å². The van der Waals surface area contributed by atoms with E-state index in [1.165, 1.54) is 6.07 Å². The molecule has 0 bridgehead atoms. The van der Waals surface area contributed by atoms with Crippen LogP contribution in [0.4, 0.5) is 23.7 Å². The Morgan fingerprint density at radius 2 is 1.88 bits per heavy atom. The van der Waals surface area contributed by atoms with Crippen molar-refractivity contribution in [1.29, 1.82) is 0 Å². The zero-order valence-electron chi connectivity index (χ0n) is 13.6. The van der Waals surface area contributed by atoms with Gasteiger partial charge in [0.2, 0.25) is 0 Å². The molecule has 0 aliphatic carbocycles. The topological polar surface area (TPSA) is 32.8 Å². The minimum absolute atomic E-state index is 0.249. The molecule has 1 saturated heterocycles. The summed E-state index contributed by atoms with van der Waals surface area (Å²) in [7, 11) is 0. The Morgan fingerprint density at radius 1 is 1.25 bits per heavy atom. The molecule has 1 aromatic carbocycles. The molecule has 4 nitrogen and oxygen atoms in total. The van der Waals surface area contributed by atoms with Gasteiger partial charge in [-0.3, -0.25) is 0 Å². The van der Waals surface area contributed by atoms with Crippen molar-refractivity contribution >= 4 is 23.4 Å². The quantitative estimate of drug-likeness (QED) is 0.802. The van der Waals surface area contributed by atoms with Crippen LogP contribution < -0.4 is 4.90 Å². The lowest BCUT2D eigenvalue weighted by molar-refractivity contribution is -0.137. The molecule has 0 aromatic heterocycles. The van der Waals surface area contributed by atoms with Gasteiger partial charge in [0.15, 0.2) is 0 Å². The minimum Gasteiger partial charge on any atom is -0.449 e. The summed E-state index contributed by atoms with van der Waals surface area (Å²) < 4.78 is 44.0. The predicted octanol–water partition coefficient (Wildman–Crippen LogP) is 4.27. The summed E-state index contributed by atoms with van der Waals surface area (Å²) in [6.45, 7) is 5.79. The predicted molar refractivity (Wildman–Crippen MR) is 86.4 cm³/mol. The fourth-order valence-corrected chi connectivity index (χ4v) is 2.79. The summed E-state index contributed by atoms with van der Waals surface area (Å²) in [5, 5.41) is -0.305. The van der Waals surface area contributed by atoms with Crippen LogP contribution in [-0.2, 0) is 10.9 Å². The molecule has 0 unspecified atom stereocenters. The van der Waals surface area contributed by atoms with Crippen molar-refractivity contribution in [1.82, 2.24) is 4.90 Å². The lowest BCUT2D eigenvalue weighted by Crippen LogP contribution is -2.49. The summed E-state index contributed by atoms with van der Waals surface area (Å²) in [4.78, 5) is 15.2. The highest BCUT2D eigenvalue weighted by Gasteiger charge is 2.35. The van der Waals surface area contributed by atoms with E-state index in [0.717, 1.165) is 6.07 Å². The zero-order chi connectivity index (χ0) is 17.9. The van der Waals surface area contributed by atoms with Crippen LogP contribution >= 0.6 is 11.6 Å². The molecule has 2 rings (SSSR count). The second-order valence-corrected chi connectivity index (χ2v) is 6.46. The fraction of sp³-hybridized carbons (Fsp3) is 0.562. The maximum absolute atomic E-state index is 12.9. The average molecular weight is 365 g/mol. The molecular weight excluding hydrogens is 345 g/mol. The van der Waals surface area contributed by atoms with Crippen LogP contribution in [-0.4, -0.2) is 43.8 Å². The number of hydrogen-bond acceptors (Lipinski definition) is 3. The molecule has 24 heavy (non-hydrogen) atoms. The Balaban J connectivity index is 2.01. The van der Waals surface area contributed by atoms with Crippen molar-refractivity contribution in [2.45, 2.75) is 20.0 Å². The maximum Gasteiger partial charge on any atom is 0.417 e. The van der Waals surface area contributed by atoms with Gasteiger partial charge >= 0.3 is 12.3 Å². The third-order valence-corrected chi connectivity index (χ3v) is 4.10. The number of alkyl halides is 3. The molecule has 1 aliphatic rings. The van der Waals surface area contributed by atoms with Gasteiger partial charge in [0.25, 0.3) is 0 Å². The van der Waals surface area contributed by atoms with Crippen molar-refractivity contribution in [2.24, 2.45) is 5.92 Å². The van der Waals surface area contributed by atoms with E-state index in [4.69, 9.17) is 16.3 Å². The van der Waals surface area contributed by atoms with E-state index in [9.17, 15) is 18.0 Å². The summed E-state index contributed by atoms with van der Waals surface area (Å²) in [5.74, 6) is 0.249. The first kappa shape index (κ1) is 18.7. The van der Waals surface area contributed by atoms with Gasteiger partial charge in [-0.2, -0.15) is 13.2 Å². The molecule has 134 valence electrons. The smallest absolute Gasteiger partial charge is 0.417 e. The zero-order valence-corrected chi connectivity index (χ0v) is 14.3. The highest BCUT2D eigenvalue weighted by atomic mass is 35.5. The number of halogens is 4. The molecule has 0 atom stereocenters. The second kappa shape index (κ2) is 7.51. The molecular formula is C16H20ClF3N2O2. The van der Waals surface area contributed by atoms with E-state index in [1.54, 1.807) is 15.9 Å². The number of anilines is 1. The largest absolute Gasteiger partial charge is 0.449 e. The van der Waals surface area contributed by atoms with Gasteiger partial charge < -0.3 is 14.5 Å². The van der Waals surface area contributed by atoms with Crippen LogP contribution in [0.15, 0.2) is 18.2 Å². The van der Waals surface area contributed by atoms with Crippen LogP contribution in [0.3, 0.4) is 0 Å². The van der Waals surface area contributed by atoms with Gasteiger partial charge in [-0.1, -0.05) is 31.5 Å². The normalized spacial score (nSPS) is 15.8. The lowest BCUT2D eigenvalue weighted by Gasteiger charge is -2.36. The van der Waals surface area contributed by atoms with E-state index < -0.39 is 17.8 Å². The molecule has 0 saturated carbocycles. The highest BCUT2D eigenvalue weighted by molar-refractivity contribution is 6.34. The Labute approximate surface area is 144 Å². The van der Waals surface area contributed by atoms with E-state index >= 15 is 0 Å².